The summed E-state index contributed by atoms with van der Waals surface area (Å²) in [4.78, 5) is 22.2. The molecule has 0 atom stereocenters. The second-order valence-electron chi connectivity index (χ2n) is 4.06. The van der Waals surface area contributed by atoms with Gasteiger partial charge in [0.2, 0.25) is 5.91 Å². The highest BCUT2D eigenvalue weighted by Gasteiger charge is 2.17. The lowest BCUT2D eigenvalue weighted by molar-refractivity contribution is -0.384. The van der Waals surface area contributed by atoms with E-state index in [2.05, 4.69) is 21.2 Å². The standard InChI is InChI=1S/C13H17BrN2O4/c1-2-20-10-6-7-11(12(9-10)16(18)19)15-13(17)5-3-4-8-14/h6-7,9H,2-5,8H2,1H3,(H,15,17). The number of nitro groups is 1. The van der Waals surface area contributed by atoms with Gasteiger partial charge in [-0.25, -0.2) is 0 Å². The van der Waals surface area contributed by atoms with Gasteiger partial charge >= 0.3 is 0 Å². The molecule has 0 aliphatic heterocycles. The van der Waals surface area contributed by atoms with E-state index in [0.717, 1.165) is 18.2 Å². The highest BCUT2D eigenvalue weighted by atomic mass is 79.9. The van der Waals surface area contributed by atoms with Crippen molar-refractivity contribution in [2.75, 3.05) is 17.3 Å². The van der Waals surface area contributed by atoms with Crippen LogP contribution in [0.4, 0.5) is 11.4 Å². The van der Waals surface area contributed by atoms with Gasteiger partial charge in [-0.3, -0.25) is 14.9 Å². The van der Waals surface area contributed by atoms with Crippen molar-refractivity contribution in [1.82, 2.24) is 0 Å². The summed E-state index contributed by atoms with van der Waals surface area (Å²) in [5.41, 5.74) is 0.0343. The molecule has 0 radical (unpaired) electrons. The van der Waals surface area contributed by atoms with Crippen molar-refractivity contribution in [2.45, 2.75) is 26.2 Å². The number of carbonyl (C=O) groups is 1. The van der Waals surface area contributed by atoms with Gasteiger partial charge in [0, 0.05) is 11.8 Å². The van der Waals surface area contributed by atoms with Gasteiger partial charge in [-0.2, -0.15) is 0 Å². The van der Waals surface area contributed by atoms with Crippen LogP contribution in [-0.2, 0) is 4.79 Å². The molecule has 0 unspecified atom stereocenters. The Balaban J connectivity index is 2.78. The van der Waals surface area contributed by atoms with Crippen LogP contribution in [0, 0.1) is 10.1 Å². The van der Waals surface area contributed by atoms with Crippen LogP contribution in [-0.4, -0.2) is 22.8 Å². The molecule has 0 spiro atoms. The second kappa shape index (κ2) is 8.52. The first-order valence-electron chi connectivity index (χ1n) is 6.35. The normalized spacial score (nSPS) is 10.1. The van der Waals surface area contributed by atoms with Gasteiger partial charge in [0.05, 0.1) is 17.6 Å². The van der Waals surface area contributed by atoms with Crippen molar-refractivity contribution < 1.29 is 14.5 Å². The minimum absolute atomic E-state index is 0.162. The highest BCUT2D eigenvalue weighted by Crippen LogP contribution is 2.29. The van der Waals surface area contributed by atoms with Crippen molar-refractivity contribution in [3.63, 3.8) is 0 Å². The zero-order valence-electron chi connectivity index (χ0n) is 11.2. The lowest BCUT2D eigenvalue weighted by Gasteiger charge is -2.08. The number of nitro benzene ring substituents is 1. The number of nitrogens with one attached hydrogen (secondary N) is 1. The number of hydrogen-bond acceptors (Lipinski definition) is 4. The Labute approximate surface area is 125 Å². The predicted octanol–water partition coefficient (Wildman–Crippen LogP) is 3.50. The van der Waals surface area contributed by atoms with Crippen LogP contribution in [0.1, 0.15) is 26.2 Å². The number of carbonyl (C=O) groups excluding carboxylic acids is 1. The van der Waals surface area contributed by atoms with Gasteiger partial charge in [0.25, 0.3) is 5.69 Å². The van der Waals surface area contributed by atoms with Gasteiger partial charge < -0.3 is 10.1 Å². The van der Waals surface area contributed by atoms with E-state index < -0.39 is 4.92 Å². The summed E-state index contributed by atoms with van der Waals surface area (Å²) in [6, 6.07) is 4.41. The molecule has 0 fully saturated rings. The highest BCUT2D eigenvalue weighted by molar-refractivity contribution is 9.09. The first-order valence-corrected chi connectivity index (χ1v) is 7.47. The molecule has 0 heterocycles. The van der Waals surface area contributed by atoms with Crippen LogP contribution >= 0.6 is 15.9 Å². The molecule has 20 heavy (non-hydrogen) atoms. The molecular weight excluding hydrogens is 328 g/mol. The predicted molar refractivity (Wildman–Crippen MR) is 80.5 cm³/mol. The zero-order valence-corrected chi connectivity index (χ0v) is 12.8. The zero-order chi connectivity index (χ0) is 15.0. The summed E-state index contributed by atoms with van der Waals surface area (Å²) >= 11 is 3.28. The second-order valence-corrected chi connectivity index (χ2v) is 4.86. The van der Waals surface area contributed by atoms with Gasteiger partial charge in [-0.1, -0.05) is 15.9 Å². The van der Waals surface area contributed by atoms with Crippen molar-refractivity contribution in [3.8, 4) is 5.75 Å². The van der Waals surface area contributed by atoms with E-state index in [9.17, 15) is 14.9 Å². The lowest BCUT2D eigenvalue weighted by Crippen LogP contribution is -2.12. The van der Waals surface area contributed by atoms with Crippen molar-refractivity contribution in [1.29, 1.82) is 0 Å². The molecule has 110 valence electrons. The van der Waals surface area contributed by atoms with Gasteiger partial charge in [-0.05, 0) is 31.9 Å². The van der Waals surface area contributed by atoms with E-state index in [1.165, 1.54) is 12.1 Å². The van der Waals surface area contributed by atoms with Gasteiger partial charge in [0.1, 0.15) is 11.4 Å². The quantitative estimate of drug-likeness (QED) is 0.338. The average molecular weight is 345 g/mol. The number of benzene rings is 1. The SMILES string of the molecule is CCOc1ccc(NC(=O)CCCCBr)c([N+](=O)[O-])c1. The molecule has 1 rings (SSSR count). The molecule has 0 aliphatic rings. The van der Waals surface area contributed by atoms with Crippen LogP contribution in [0.3, 0.4) is 0 Å². The molecule has 1 aromatic rings. The van der Waals surface area contributed by atoms with Crippen LogP contribution in [0.2, 0.25) is 0 Å². The van der Waals surface area contributed by atoms with Crippen LogP contribution in [0.15, 0.2) is 18.2 Å². The number of alkyl halides is 1. The fraction of sp³-hybridized carbons (Fsp3) is 0.462. The number of anilines is 1. The van der Waals surface area contributed by atoms with Crippen molar-refractivity contribution in [3.05, 3.63) is 28.3 Å². The van der Waals surface area contributed by atoms with Gasteiger partial charge in [0.15, 0.2) is 0 Å². The molecule has 1 amide bonds. The fourth-order valence-electron chi connectivity index (χ4n) is 1.62. The van der Waals surface area contributed by atoms with Crippen LogP contribution in [0.25, 0.3) is 0 Å². The monoisotopic (exact) mass is 344 g/mol. The minimum Gasteiger partial charge on any atom is -0.494 e. The summed E-state index contributed by atoms with van der Waals surface area (Å²) in [5.74, 6) is 0.190. The van der Waals surface area contributed by atoms with E-state index >= 15 is 0 Å². The number of amides is 1. The lowest BCUT2D eigenvalue weighted by atomic mass is 10.2. The van der Waals surface area contributed by atoms with E-state index in [0.29, 0.717) is 18.8 Å². The molecule has 1 N–H and O–H groups in total. The first kappa shape index (κ1) is 16.4. The van der Waals surface area contributed by atoms with Crippen molar-refractivity contribution >= 4 is 33.2 Å². The third-order valence-corrected chi connectivity index (χ3v) is 3.10. The Morgan fingerprint density at radius 2 is 2.20 bits per heavy atom. The van der Waals surface area contributed by atoms with Crippen LogP contribution in [0.5, 0.6) is 5.75 Å². The molecule has 0 aliphatic carbocycles. The van der Waals surface area contributed by atoms with E-state index in [-0.39, 0.29) is 17.3 Å². The van der Waals surface area contributed by atoms with Gasteiger partial charge in [-0.15, -0.1) is 0 Å². The summed E-state index contributed by atoms with van der Waals surface area (Å²) in [7, 11) is 0. The number of nitrogens with zero attached hydrogens (tertiary/aromatic N) is 1. The average Bonchev–Trinajstić information content (AvgIpc) is 2.41. The summed E-state index contributed by atoms with van der Waals surface area (Å²) < 4.78 is 5.21. The molecule has 0 bridgehead atoms. The molecule has 0 saturated carbocycles. The molecule has 0 saturated heterocycles. The summed E-state index contributed by atoms with van der Waals surface area (Å²) in [6.45, 7) is 2.22. The summed E-state index contributed by atoms with van der Waals surface area (Å²) in [5, 5.41) is 14.4. The maximum atomic E-state index is 11.7. The topological polar surface area (TPSA) is 81.5 Å². The molecule has 0 aromatic heterocycles. The van der Waals surface area contributed by atoms with E-state index in [1.807, 2.05) is 0 Å². The fourth-order valence-corrected chi connectivity index (χ4v) is 2.01. The number of unbranched alkanes of at least 4 members (excludes halogenated alkanes) is 1. The largest absolute Gasteiger partial charge is 0.494 e. The minimum atomic E-state index is -0.531. The summed E-state index contributed by atoms with van der Waals surface area (Å²) in [6.07, 6.45) is 1.97. The Morgan fingerprint density at radius 1 is 1.45 bits per heavy atom. The molecule has 6 nitrogen and oxygen atoms in total. The molecule has 1 aromatic carbocycles. The third-order valence-electron chi connectivity index (χ3n) is 2.54. The Hall–Kier alpha value is -1.63. The maximum Gasteiger partial charge on any atom is 0.296 e. The number of halogens is 1. The molecule has 7 heteroatoms. The molecular formula is C13H17BrN2O4. The van der Waals surface area contributed by atoms with Crippen molar-refractivity contribution in [2.24, 2.45) is 0 Å². The first-order chi connectivity index (χ1) is 9.58. The van der Waals surface area contributed by atoms with E-state index in [1.54, 1.807) is 13.0 Å². The Morgan fingerprint density at radius 3 is 2.80 bits per heavy atom. The van der Waals surface area contributed by atoms with E-state index in [4.69, 9.17) is 4.74 Å². The Bertz CT molecular complexity index is 479. The smallest absolute Gasteiger partial charge is 0.296 e. The maximum absolute atomic E-state index is 11.7. The third kappa shape index (κ3) is 5.16. The van der Waals surface area contributed by atoms with Crippen LogP contribution < -0.4 is 10.1 Å². The number of ether oxygens (including phenoxy) is 1. The number of hydrogen-bond donors (Lipinski definition) is 1. The number of rotatable bonds is 8. The Kier molecular flexibility index (Phi) is 7.00.